The van der Waals surface area contributed by atoms with Gasteiger partial charge in [0.05, 0.1) is 0 Å². The molecule has 1 nitrogen and oxygen atoms in total. The van der Waals surface area contributed by atoms with Crippen LogP contribution in [0.15, 0.2) is 91.0 Å². The molecule has 2 atom stereocenters. The van der Waals surface area contributed by atoms with E-state index in [1.165, 1.54) is 33.0 Å². The Morgan fingerprint density at radius 2 is 1.30 bits per heavy atom. The Morgan fingerprint density at radius 1 is 0.704 bits per heavy atom. The van der Waals surface area contributed by atoms with Gasteiger partial charge in [0.15, 0.2) is 0 Å². The van der Waals surface area contributed by atoms with Crippen molar-refractivity contribution in [2.45, 2.75) is 25.4 Å². The van der Waals surface area contributed by atoms with E-state index in [2.05, 4.69) is 97.9 Å². The van der Waals surface area contributed by atoms with Crippen LogP contribution in [0.25, 0.3) is 10.8 Å². The largest absolute Gasteiger partial charge is 0.485 e. The third kappa shape index (κ3) is 2.80. The molecule has 0 saturated heterocycles. The molecule has 0 saturated carbocycles. The molecule has 0 aliphatic carbocycles. The van der Waals surface area contributed by atoms with Crippen molar-refractivity contribution in [3.8, 4) is 5.75 Å². The summed E-state index contributed by atoms with van der Waals surface area (Å²) in [6.45, 7) is 2.20. The van der Waals surface area contributed by atoms with Gasteiger partial charge in [-0.1, -0.05) is 91.0 Å². The lowest BCUT2D eigenvalue weighted by Gasteiger charge is -2.34. The summed E-state index contributed by atoms with van der Waals surface area (Å²) in [6.07, 6.45) is 1.02. The van der Waals surface area contributed by atoms with Crippen LogP contribution >= 0.6 is 0 Å². The van der Waals surface area contributed by atoms with Crippen molar-refractivity contribution >= 4 is 10.8 Å². The quantitative estimate of drug-likeness (QED) is 0.386. The fourth-order valence-electron chi connectivity index (χ4n) is 4.35. The van der Waals surface area contributed by atoms with E-state index >= 15 is 0 Å². The van der Waals surface area contributed by atoms with Crippen molar-refractivity contribution in [1.29, 1.82) is 0 Å². The standard InChI is InChI=1S/C26H22O/c1-18-16-24-23(19-10-4-2-5-11-19)17-25(20-12-6-3-7-13-20)27-26(24)22-15-9-8-14-21(18)22/h2-16,23,25H,17H2,1H3. The van der Waals surface area contributed by atoms with E-state index in [9.17, 15) is 0 Å². The van der Waals surface area contributed by atoms with Crippen LogP contribution < -0.4 is 4.74 Å². The van der Waals surface area contributed by atoms with E-state index < -0.39 is 0 Å². The summed E-state index contributed by atoms with van der Waals surface area (Å²) in [6, 6.07) is 32.4. The normalized spacial score (nSPS) is 18.7. The molecule has 4 aromatic carbocycles. The first-order valence-electron chi connectivity index (χ1n) is 9.60. The fourth-order valence-corrected chi connectivity index (χ4v) is 4.35. The van der Waals surface area contributed by atoms with E-state index in [0.29, 0.717) is 5.92 Å². The molecular formula is C26H22O. The number of ether oxygens (including phenoxy) is 1. The summed E-state index contributed by atoms with van der Waals surface area (Å²) in [4.78, 5) is 0. The van der Waals surface area contributed by atoms with Gasteiger partial charge in [-0.2, -0.15) is 0 Å². The monoisotopic (exact) mass is 350 g/mol. The molecule has 5 rings (SSSR count). The molecule has 132 valence electrons. The van der Waals surface area contributed by atoms with Crippen LogP contribution in [0.4, 0.5) is 0 Å². The molecule has 27 heavy (non-hydrogen) atoms. The first-order chi connectivity index (χ1) is 13.3. The zero-order valence-corrected chi connectivity index (χ0v) is 15.4. The van der Waals surface area contributed by atoms with Crippen LogP contribution in [0.2, 0.25) is 0 Å². The van der Waals surface area contributed by atoms with Gasteiger partial charge in [0.2, 0.25) is 0 Å². The molecule has 4 aromatic rings. The van der Waals surface area contributed by atoms with E-state index in [4.69, 9.17) is 4.74 Å². The van der Waals surface area contributed by atoms with Crippen LogP contribution in [-0.2, 0) is 0 Å². The van der Waals surface area contributed by atoms with Crippen LogP contribution in [0.3, 0.4) is 0 Å². The Kier molecular flexibility index (Phi) is 3.94. The second-order valence-electron chi connectivity index (χ2n) is 7.37. The Hall–Kier alpha value is -3.06. The van der Waals surface area contributed by atoms with Gasteiger partial charge in [-0.3, -0.25) is 0 Å². The molecule has 1 heteroatoms. The van der Waals surface area contributed by atoms with Crippen molar-refractivity contribution in [3.05, 3.63) is 113 Å². The Labute approximate surface area is 160 Å². The van der Waals surface area contributed by atoms with Gasteiger partial charge in [0.1, 0.15) is 11.9 Å². The van der Waals surface area contributed by atoms with Crippen molar-refractivity contribution in [1.82, 2.24) is 0 Å². The molecule has 1 aliphatic heterocycles. The molecule has 2 unspecified atom stereocenters. The maximum atomic E-state index is 6.64. The maximum absolute atomic E-state index is 6.64. The van der Waals surface area contributed by atoms with Gasteiger partial charge >= 0.3 is 0 Å². The van der Waals surface area contributed by atoms with Crippen LogP contribution in [0.1, 0.15) is 40.7 Å². The van der Waals surface area contributed by atoms with Gasteiger partial charge < -0.3 is 4.74 Å². The van der Waals surface area contributed by atoms with Gasteiger partial charge in [-0.15, -0.1) is 0 Å². The van der Waals surface area contributed by atoms with E-state index in [1.54, 1.807) is 0 Å². The second-order valence-corrected chi connectivity index (χ2v) is 7.37. The minimum atomic E-state index is 0.0648. The third-order valence-electron chi connectivity index (χ3n) is 5.69. The topological polar surface area (TPSA) is 9.23 Å². The number of benzene rings is 4. The van der Waals surface area contributed by atoms with Crippen LogP contribution in [0.5, 0.6) is 5.75 Å². The minimum absolute atomic E-state index is 0.0648. The number of hydrogen-bond acceptors (Lipinski definition) is 1. The van der Waals surface area contributed by atoms with E-state index in [0.717, 1.165) is 12.2 Å². The molecule has 0 N–H and O–H groups in total. The zero-order chi connectivity index (χ0) is 18.2. The summed E-state index contributed by atoms with van der Waals surface area (Å²) < 4.78 is 6.64. The molecule has 0 spiro atoms. The highest BCUT2D eigenvalue weighted by atomic mass is 16.5. The van der Waals surface area contributed by atoms with Crippen molar-refractivity contribution < 1.29 is 4.74 Å². The molecule has 0 amide bonds. The maximum Gasteiger partial charge on any atom is 0.131 e. The number of fused-ring (bicyclic) bond motifs is 3. The average molecular weight is 350 g/mol. The van der Waals surface area contributed by atoms with E-state index in [1.807, 2.05) is 0 Å². The first-order valence-corrected chi connectivity index (χ1v) is 9.60. The molecule has 0 aromatic heterocycles. The highest BCUT2D eigenvalue weighted by Gasteiger charge is 2.32. The summed E-state index contributed by atoms with van der Waals surface area (Å²) >= 11 is 0. The highest BCUT2D eigenvalue weighted by Crippen LogP contribution is 2.48. The second kappa shape index (κ2) is 6.59. The lowest BCUT2D eigenvalue weighted by molar-refractivity contribution is 0.170. The predicted molar refractivity (Wildman–Crippen MR) is 111 cm³/mol. The lowest BCUT2D eigenvalue weighted by Crippen LogP contribution is -2.20. The van der Waals surface area contributed by atoms with Crippen molar-refractivity contribution in [2.24, 2.45) is 0 Å². The smallest absolute Gasteiger partial charge is 0.131 e. The molecular weight excluding hydrogens is 328 g/mol. The summed E-state index contributed by atoms with van der Waals surface area (Å²) in [5, 5.41) is 2.49. The summed E-state index contributed by atoms with van der Waals surface area (Å²) in [5.74, 6) is 1.38. The fraction of sp³-hybridized carbons (Fsp3) is 0.154. The van der Waals surface area contributed by atoms with Gasteiger partial charge in [0.25, 0.3) is 0 Å². The minimum Gasteiger partial charge on any atom is -0.485 e. The predicted octanol–water partition coefficient (Wildman–Crippen LogP) is 6.80. The first kappa shape index (κ1) is 16.1. The summed E-state index contributed by atoms with van der Waals surface area (Å²) in [7, 11) is 0. The van der Waals surface area contributed by atoms with E-state index in [-0.39, 0.29) is 6.10 Å². The number of aryl methyl sites for hydroxylation is 1. The van der Waals surface area contributed by atoms with Crippen molar-refractivity contribution in [3.63, 3.8) is 0 Å². The third-order valence-corrected chi connectivity index (χ3v) is 5.69. The molecule has 1 heterocycles. The van der Waals surface area contributed by atoms with Crippen molar-refractivity contribution in [2.75, 3.05) is 0 Å². The molecule has 0 fully saturated rings. The lowest BCUT2D eigenvalue weighted by atomic mass is 9.81. The van der Waals surface area contributed by atoms with Gasteiger partial charge in [-0.25, -0.2) is 0 Å². The molecule has 0 radical (unpaired) electrons. The van der Waals surface area contributed by atoms with Crippen LogP contribution in [-0.4, -0.2) is 0 Å². The number of rotatable bonds is 2. The summed E-state index contributed by atoms with van der Waals surface area (Å²) in [5.41, 5.74) is 5.23. The Morgan fingerprint density at radius 3 is 2.00 bits per heavy atom. The zero-order valence-electron chi connectivity index (χ0n) is 15.4. The number of hydrogen-bond donors (Lipinski definition) is 0. The van der Waals surface area contributed by atoms with Gasteiger partial charge in [0, 0.05) is 16.9 Å². The highest BCUT2D eigenvalue weighted by molar-refractivity contribution is 5.92. The van der Waals surface area contributed by atoms with Gasteiger partial charge in [-0.05, 0) is 35.4 Å². The van der Waals surface area contributed by atoms with Crippen LogP contribution in [0, 0.1) is 6.92 Å². The Bertz CT molecular complexity index is 1080. The SMILES string of the molecule is Cc1cc2c(c3ccccc13)OC(c1ccccc1)CC2c1ccccc1. The average Bonchev–Trinajstić information content (AvgIpc) is 2.75. The molecule has 1 aliphatic rings. The molecule has 0 bridgehead atoms. The Balaban J connectivity index is 1.73.